The van der Waals surface area contributed by atoms with E-state index in [1.807, 2.05) is 42.2 Å². The average molecular weight is 423 g/mol. The fraction of sp³-hybridized carbons (Fsp3) is 0.500. The molecule has 4 rings (SSSR count). The number of anilines is 1. The lowest BCUT2D eigenvalue weighted by atomic mass is 9.96. The van der Waals surface area contributed by atoms with Crippen molar-refractivity contribution in [1.29, 1.82) is 0 Å². The standard InChI is InChI=1S/C26H34N2O3/c1-2-26(30)28-14-6-9-21-17-22(10-11-24(21)28)25(29)18-27-15-12-23(13-16-27)31-19-20-7-4-3-5-8-20/h3-5,7-8,10-11,17,23,25,29H,2,6,9,12-16,18-19H2,1H3/t25-/m0/s1. The summed E-state index contributed by atoms with van der Waals surface area (Å²) in [6.45, 7) is 5.90. The third-order valence-corrected chi connectivity index (χ3v) is 6.50. The molecule has 1 N–H and O–H groups in total. The number of hydrogen-bond donors (Lipinski definition) is 1. The number of piperidine rings is 1. The Kier molecular flexibility index (Phi) is 7.38. The Labute approximate surface area is 185 Å². The summed E-state index contributed by atoms with van der Waals surface area (Å²) in [4.78, 5) is 16.5. The van der Waals surface area contributed by atoms with Crippen LogP contribution in [0.1, 0.15) is 55.4 Å². The lowest BCUT2D eigenvalue weighted by molar-refractivity contribution is -0.118. The maximum absolute atomic E-state index is 12.2. The third kappa shape index (κ3) is 5.53. The van der Waals surface area contributed by atoms with Crippen LogP contribution in [0.15, 0.2) is 48.5 Å². The number of aryl methyl sites for hydroxylation is 1. The van der Waals surface area contributed by atoms with Crippen molar-refractivity contribution in [2.75, 3.05) is 31.1 Å². The molecule has 2 aliphatic rings. The summed E-state index contributed by atoms with van der Waals surface area (Å²) in [5.74, 6) is 0.173. The van der Waals surface area contributed by atoms with Crippen LogP contribution in [0.5, 0.6) is 0 Å². The Balaban J connectivity index is 1.28. The van der Waals surface area contributed by atoms with E-state index in [0.717, 1.165) is 56.6 Å². The van der Waals surface area contributed by atoms with Gasteiger partial charge in [-0.25, -0.2) is 0 Å². The molecule has 0 aliphatic carbocycles. The monoisotopic (exact) mass is 422 g/mol. The Morgan fingerprint density at radius 2 is 1.90 bits per heavy atom. The molecular weight excluding hydrogens is 388 g/mol. The third-order valence-electron chi connectivity index (χ3n) is 6.50. The topological polar surface area (TPSA) is 53.0 Å². The van der Waals surface area contributed by atoms with E-state index in [-0.39, 0.29) is 5.91 Å². The number of rotatable bonds is 7. The van der Waals surface area contributed by atoms with Crippen molar-refractivity contribution in [2.45, 2.75) is 57.8 Å². The number of ether oxygens (including phenoxy) is 1. The molecule has 1 saturated heterocycles. The minimum Gasteiger partial charge on any atom is -0.387 e. The number of carbonyl (C=O) groups is 1. The summed E-state index contributed by atoms with van der Waals surface area (Å²) < 4.78 is 6.09. The van der Waals surface area contributed by atoms with Crippen molar-refractivity contribution < 1.29 is 14.6 Å². The van der Waals surface area contributed by atoms with Gasteiger partial charge in [0, 0.05) is 38.3 Å². The van der Waals surface area contributed by atoms with Gasteiger partial charge in [-0.3, -0.25) is 4.79 Å². The van der Waals surface area contributed by atoms with Crippen LogP contribution >= 0.6 is 0 Å². The predicted molar refractivity (Wildman–Crippen MR) is 123 cm³/mol. The minimum absolute atomic E-state index is 0.173. The van der Waals surface area contributed by atoms with Crippen LogP contribution in [0.4, 0.5) is 5.69 Å². The second-order valence-electron chi connectivity index (χ2n) is 8.70. The van der Waals surface area contributed by atoms with Crippen LogP contribution in [0.25, 0.3) is 0 Å². The highest BCUT2D eigenvalue weighted by Crippen LogP contribution is 2.31. The highest BCUT2D eigenvalue weighted by Gasteiger charge is 2.25. The van der Waals surface area contributed by atoms with E-state index in [4.69, 9.17) is 4.74 Å². The van der Waals surface area contributed by atoms with Gasteiger partial charge in [-0.15, -0.1) is 0 Å². The van der Waals surface area contributed by atoms with Crippen LogP contribution in [-0.2, 0) is 22.6 Å². The Morgan fingerprint density at radius 1 is 1.13 bits per heavy atom. The molecule has 0 saturated carbocycles. The van der Waals surface area contributed by atoms with Crippen LogP contribution in [0.3, 0.4) is 0 Å². The SMILES string of the molecule is CCC(=O)N1CCCc2cc([C@@H](O)CN3CCC(OCc4ccccc4)CC3)ccc21. The Hall–Kier alpha value is -2.21. The molecule has 0 radical (unpaired) electrons. The zero-order chi connectivity index (χ0) is 21.6. The summed E-state index contributed by atoms with van der Waals surface area (Å²) in [7, 11) is 0. The lowest BCUT2D eigenvalue weighted by Crippen LogP contribution is -2.39. The molecule has 166 valence electrons. The zero-order valence-electron chi connectivity index (χ0n) is 18.5. The van der Waals surface area contributed by atoms with E-state index in [2.05, 4.69) is 23.1 Å². The second kappa shape index (κ2) is 10.4. The second-order valence-corrected chi connectivity index (χ2v) is 8.70. The molecule has 0 bridgehead atoms. The Bertz CT molecular complexity index is 862. The maximum atomic E-state index is 12.2. The number of aliphatic hydroxyl groups excluding tert-OH is 1. The molecule has 1 atom stereocenters. The van der Waals surface area contributed by atoms with E-state index in [9.17, 15) is 9.90 Å². The first-order valence-electron chi connectivity index (χ1n) is 11.6. The van der Waals surface area contributed by atoms with Gasteiger partial charge in [-0.05, 0) is 48.4 Å². The fourth-order valence-electron chi connectivity index (χ4n) is 4.67. The number of β-amino-alcohol motifs (C(OH)–C–C–N with tert-alkyl or cyclic N) is 1. The summed E-state index contributed by atoms with van der Waals surface area (Å²) in [6.07, 6.45) is 4.25. The van der Waals surface area contributed by atoms with Gasteiger partial charge in [0.25, 0.3) is 0 Å². The lowest BCUT2D eigenvalue weighted by Gasteiger charge is -2.33. The first-order valence-corrected chi connectivity index (χ1v) is 11.6. The molecular formula is C26H34N2O3. The van der Waals surface area contributed by atoms with Gasteiger partial charge in [-0.2, -0.15) is 0 Å². The number of nitrogens with zero attached hydrogens (tertiary/aromatic N) is 2. The number of benzene rings is 2. The van der Waals surface area contributed by atoms with E-state index in [1.54, 1.807) is 0 Å². The molecule has 5 nitrogen and oxygen atoms in total. The van der Waals surface area contributed by atoms with Crippen LogP contribution in [-0.4, -0.2) is 48.2 Å². The molecule has 2 heterocycles. The largest absolute Gasteiger partial charge is 0.387 e. The smallest absolute Gasteiger partial charge is 0.226 e. The summed E-state index contributed by atoms with van der Waals surface area (Å²) in [5.41, 5.74) is 4.36. The van der Waals surface area contributed by atoms with Gasteiger partial charge in [-0.1, -0.05) is 49.4 Å². The molecule has 2 aromatic carbocycles. The maximum Gasteiger partial charge on any atom is 0.226 e. The highest BCUT2D eigenvalue weighted by molar-refractivity contribution is 5.94. The van der Waals surface area contributed by atoms with Gasteiger partial charge in [0.15, 0.2) is 0 Å². The van der Waals surface area contributed by atoms with E-state index in [1.165, 1.54) is 11.1 Å². The van der Waals surface area contributed by atoms with Crippen molar-refractivity contribution in [1.82, 2.24) is 4.90 Å². The number of likely N-dealkylation sites (tertiary alicyclic amines) is 1. The van der Waals surface area contributed by atoms with Crippen LogP contribution in [0.2, 0.25) is 0 Å². The first kappa shape index (κ1) is 22.0. The molecule has 1 fully saturated rings. The van der Waals surface area contributed by atoms with E-state index >= 15 is 0 Å². The number of hydrogen-bond acceptors (Lipinski definition) is 4. The van der Waals surface area contributed by atoms with Gasteiger partial charge in [0.05, 0.1) is 18.8 Å². The van der Waals surface area contributed by atoms with Gasteiger partial charge >= 0.3 is 0 Å². The summed E-state index contributed by atoms with van der Waals surface area (Å²) in [5, 5.41) is 10.9. The first-order chi connectivity index (χ1) is 15.1. The van der Waals surface area contributed by atoms with Crippen molar-refractivity contribution in [3.05, 3.63) is 65.2 Å². The van der Waals surface area contributed by atoms with E-state index < -0.39 is 6.10 Å². The van der Waals surface area contributed by atoms with Gasteiger partial charge in [0.1, 0.15) is 0 Å². The van der Waals surface area contributed by atoms with Crippen LogP contribution in [0, 0.1) is 0 Å². The van der Waals surface area contributed by atoms with Crippen LogP contribution < -0.4 is 4.90 Å². The molecule has 1 amide bonds. The highest BCUT2D eigenvalue weighted by atomic mass is 16.5. The fourth-order valence-corrected chi connectivity index (χ4v) is 4.67. The predicted octanol–water partition coefficient (Wildman–Crippen LogP) is 4.09. The molecule has 31 heavy (non-hydrogen) atoms. The normalized spacial score (nSPS) is 18.6. The van der Waals surface area contributed by atoms with Gasteiger partial charge < -0.3 is 19.6 Å². The van der Waals surface area contributed by atoms with E-state index in [0.29, 0.717) is 25.7 Å². The molecule has 2 aliphatic heterocycles. The zero-order valence-corrected chi connectivity index (χ0v) is 18.5. The summed E-state index contributed by atoms with van der Waals surface area (Å²) >= 11 is 0. The van der Waals surface area contributed by atoms with Crippen molar-refractivity contribution in [3.63, 3.8) is 0 Å². The number of aliphatic hydroxyl groups is 1. The molecule has 2 aromatic rings. The minimum atomic E-state index is -0.510. The number of fused-ring (bicyclic) bond motifs is 1. The van der Waals surface area contributed by atoms with Crippen molar-refractivity contribution >= 4 is 11.6 Å². The molecule has 0 unspecified atom stereocenters. The summed E-state index contributed by atoms with van der Waals surface area (Å²) in [6, 6.07) is 16.4. The quantitative estimate of drug-likeness (QED) is 0.730. The van der Waals surface area contributed by atoms with Crippen molar-refractivity contribution in [2.24, 2.45) is 0 Å². The number of amides is 1. The molecule has 5 heteroatoms. The van der Waals surface area contributed by atoms with Gasteiger partial charge in [0.2, 0.25) is 5.91 Å². The number of carbonyl (C=O) groups excluding carboxylic acids is 1. The molecule has 0 spiro atoms. The van der Waals surface area contributed by atoms with Crippen molar-refractivity contribution in [3.8, 4) is 0 Å². The Morgan fingerprint density at radius 3 is 2.65 bits per heavy atom. The molecule has 0 aromatic heterocycles. The average Bonchev–Trinajstić information content (AvgIpc) is 2.83.